The zero-order chi connectivity index (χ0) is 21.3. The minimum atomic E-state index is -0.832. The molecule has 4 nitrogen and oxygen atoms in total. The van der Waals surface area contributed by atoms with E-state index in [4.69, 9.17) is 0 Å². The van der Waals surface area contributed by atoms with Crippen molar-refractivity contribution < 1.29 is 10.3 Å². The second kappa shape index (κ2) is 11.5. The molecule has 2 N–H and O–H groups in total. The van der Waals surface area contributed by atoms with Crippen molar-refractivity contribution in [2.24, 2.45) is 0 Å². The fourth-order valence-corrected chi connectivity index (χ4v) is 3.80. The van der Waals surface area contributed by atoms with Crippen LogP contribution in [0.25, 0.3) is 11.1 Å². The SMILES string of the molecule is CCCC(O)(CC)CN(O)Cc1cccc(-c2ccc(CN(CC)CC)cc2)c1. The first-order chi connectivity index (χ1) is 13.9. The van der Waals surface area contributed by atoms with Crippen LogP contribution in [0.4, 0.5) is 0 Å². The summed E-state index contributed by atoms with van der Waals surface area (Å²) in [6, 6.07) is 17.0. The number of benzene rings is 2. The zero-order valence-corrected chi connectivity index (χ0v) is 18.6. The summed E-state index contributed by atoms with van der Waals surface area (Å²) in [6.07, 6.45) is 2.23. The van der Waals surface area contributed by atoms with E-state index < -0.39 is 5.60 Å². The van der Waals surface area contributed by atoms with Crippen molar-refractivity contribution >= 4 is 0 Å². The van der Waals surface area contributed by atoms with E-state index in [1.165, 1.54) is 16.2 Å². The smallest absolute Gasteiger partial charge is 0.0794 e. The third-order valence-electron chi connectivity index (χ3n) is 5.73. The van der Waals surface area contributed by atoms with Crippen molar-refractivity contribution in [2.45, 2.75) is 65.6 Å². The molecule has 0 amide bonds. The van der Waals surface area contributed by atoms with E-state index in [2.05, 4.69) is 62.1 Å². The lowest BCUT2D eigenvalue weighted by Gasteiger charge is -2.30. The average molecular weight is 399 g/mol. The fraction of sp³-hybridized carbons (Fsp3) is 0.520. The van der Waals surface area contributed by atoms with Crippen molar-refractivity contribution in [3.8, 4) is 11.1 Å². The van der Waals surface area contributed by atoms with Crippen LogP contribution in [-0.4, -0.2) is 45.5 Å². The summed E-state index contributed by atoms with van der Waals surface area (Å²) in [5.74, 6) is 0. The molecule has 29 heavy (non-hydrogen) atoms. The van der Waals surface area contributed by atoms with E-state index in [-0.39, 0.29) is 6.54 Å². The molecular formula is C25H38N2O2. The van der Waals surface area contributed by atoms with Gasteiger partial charge in [0, 0.05) is 13.1 Å². The van der Waals surface area contributed by atoms with E-state index in [1.54, 1.807) is 0 Å². The molecule has 0 fully saturated rings. The number of hydrogen-bond donors (Lipinski definition) is 2. The molecule has 2 aromatic rings. The minimum absolute atomic E-state index is 0.265. The highest BCUT2D eigenvalue weighted by molar-refractivity contribution is 5.64. The first-order valence-electron chi connectivity index (χ1n) is 11.0. The summed E-state index contributed by atoms with van der Waals surface area (Å²) in [7, 11) is 0. The molecule has 4 heteroatoms. The zero-order valence-electron chi connectivity index (χ0n) is 18.6. The van der Waals surface area contributed by atoms with Crippen LogP contribution in [0.1, 0.15) is 58.1 Å². The van der Waals surface area contributed by atoms with Gasteiger partial charge in [0.15, 0.2) is 0 Å². The van der Waals surface area contributed by atoms with Crippen molar-refractivity contribution in [3.63, 3.8) is 0 Å². The largest absolute Gasteiger partial charge is 0.388 e. The van der Waals surface area contributed by atoms with Gasteiger partial charge < -0.3 is 10.3 Å². The van der Waals surface area contributed by atoms with Crippen LogP contribution in [0, 0.1) is 0 Å². The molecule has 0 heterocycles. The van der Waals surface area contributed by atoms with E-state index in [0.29, 0.717) is 19.4 Å². The summed E-state index contributed by atoms with van der Waals surface area (Å²) in [5, 5.41) is 22.3. The van der Waals surface area contributed by atoms with Gasteiger partial charge in [-0.3, -0.25) is 4.90 Å². The van der Waals surface area contributed by atoms with Crippen molar-refractivity contribution in [2.75, 3.05) is 19.6 Å². The molecule has 1 atom stereocenters. The third-order valence-corrected chi connectivity index (χ3v) is 5.73. The molecule has 0 saturated heterocycles. The maximum Gasteiger partial charge on any atom is 0.0794 e. The molecule has 2 aromatic carbocycles. The number of hydroxylamine groups is 2. The lowest BCUT2D eigenvalue weighted by molar-refractivity contribution is -0.150. The first kappa shape index (κ1) is 23.6. The molecule has 0 bridgehead atoms. The Hall–Kier alpha value is -1.72. The molecule has 0 aliphatic rings. The van der Waals surface area contributed by atoms with Gasteiger partial charge in [0.25, 0.3) is 0 Å². The van der Waals surface area contributed by atoms with Crippen LogP contribution in [0.2, 0.25) is 0 Å². The van der Waals surface area contributed by atoms with Gasteiger partial charge >= 0.3 is 0 Å². The number of nitrogens with zero attached hydrogens (tertiary/aromatic N) is 2. The highest BCUT2D eigenvalue weighted by Crippen LogP contribution is 2.23. The Kier molecular flexibility index (Phi) is 9.31. The van der Waals surface area contributed by atoms with Crippen LogP contribution < -0.4 is 0 Å². The average Bonchev–Trinajstić information content (AvgIpc) is 2.72. The van der Waals surface area contributed by atoms with Gasteiger partial charge in [-0.05, 0) is 54.3 Å². The minimum Gasteiger partial charge on any atom is -0.388 e. The van der Waals surface area contributed by atoms with E-state index in [0.717, 1.165) is 37.2 Å². The molecule has 0 radical (unpaired) electrons. The molecule has 160 valence electrons. The maximum absolute atomic E-state index is 10.6. The molecule has 0 spiro atoms. The van der Waals surface area contributed by atoms with Crippen LogP contribution >= 0.6 is 0 Å². The Morgan fingerprint density at radius 2 is 1.52 bits per heavy atom. The van der Waals surface area contributed by atoms with E-state index >= 15 is 0 Å². The van der Waals surface area contributed by atoms with Gasteiger partial charge in [0.05, 0.1) is 12.1 Å². The van der Waals surface area contributed by atoms with Crippen LogP contribution in [0.5, 0.6) is 0 Å². The van der Waals surface area contributed by atoms with Crippen LogP contribution in [0.3, 0.4) is 0 Å². The van der Waals surface area contributed by atoms with Crippen molar-refractivity contribution in [1.82, 2.24) is 9.96 Å². The van der Waals surface area contributed by atoms with Crippen molar-refractivity contribution in [3.05, 3.63) is 59.7 Å². The molecular weight excluding hydrogens is 360 g/mol. The first-order valence-corrected chi connectivity index (χ1v) is 11.0. The number of hydrogen-bond acceptors (Lipinski definition) is 4. The molecule has 1 unspecified atom stereocenters. The Labute approximate surface area is 176 Å². The maximum atomic E-state index is 10.6. The lowest BCUT2D eigenvalue weighted by Crippen LogP contribution is -2.41. The predicted molar refractivity (Wildman–Crippen MR) is 121 cm³/mol. The molecule has 0 aliphatic carbocycles. The fourth-order valence-electron chi connectivity index (χ4n) is 3.80. The molecule has 2 rings (SSSR count). The highest BCUT2D eigenvalue weighted by atomic mass is 16.5. The van der Waals surface area contributed by atoms with E-state index in [9.17, 15) is 10.3 Å². The van der Waals surface area contributed by atoms with Crippen LogP contribution in [0.15, 0.2) is 48.5 Å². The summed E-state index contributed by atoms with van der Waals surface area (Å²) in [5.41, 5.74) is 3.85. The van der Waals surface area contributed by atoms with E-state index in [1.807, 2.05) is 19.1 Å². The predicted octanol–water partition coefficient (Wildman–Crippen LogP) is 5.33. The summed E-state index contributed by atoms with van der Waals surface area (Å²) < 4.78 is 0. The normalized spacial score (nSPS) is 13.8. The van der Waals surface area contributed by atoms with Crippen molar-refractivity contribution in [1.29, 1.82) is 0 Å². The second-order valence-electron chi connectivity index (χ2n) is 8.01. The Bertz CT molecular complexity index is 728. The summed E-state index contributed by atoms with van der Waals surface area (Å²) >= 11 is 0. The monoisotopic (exact) mass is 398 g/mol. The summed E-state index contributed by atoms with van der Waals surface area (Å²) in [4.78, 5) is 2.40. The van der Waals surface area contributed by atoms with Gasteiger partial charge in [-0.2, -0.15) is 5.06 Å². The standard InChI is InChI=1S/C25H38N2O2/c1-5-16-25(28,6-2)20-27(29)19-22-10-9-11-24(17-22)23-14-12-21(13-15-23)18-26(7-3)8-4/h9-15,17,28-29H,5-8,16,18-20H2,1-4H3. The highest BCUT2D eigenvalue weighted by Gasteiger charge is 2.26. The topological polar surface area (TPSA) is 46.9 Å². The van der Waals surface area contributed by atoms with Crippen LogP contribution in [-0.2, 0) is 13.1 Å². The van der Waals surface area contributed by atoms with Gasteiger partial charge in [-0.25, -0.2) is 0 Å². The molecule has 0 aromatic heterocycles. The number of aliphatic hydroxyl groups is 1. The Morgan fingerprint density at radius 3 is 2.10 bits per heavy atom. The summed E-state index contributed by atoms with van der Waals surface area (Å²) in [6.45, 7) is 12.2. The third kappa shape index (κ3) is 7.23. The van der Waals surface area contributed by atoms with Gasteiger partial charge in [-0.15, -0.1) is 0 Å². The van der Waals surface area contributed by atoms with Gasteiger partial charge in [-0.1, -0.05) is 76.6 Å². The quantitative estimate of drug-likeness (QED) is 0.475. The Balaban J connectivity index is 2.05. The lowest BCUT2D eigenvalue weighted by atomic mass is 9.94. The number of rotatable bonds is 12. The second-order valence-corrected chi connectivity index (χ2v) is 8.01. The molecule has 0 aliphatic heterocycles. The Morgan fingerprint density at radius 1 is 0.828 bits per heavy atom. The van der Waals surface area contributed by atoms with Gasteiger partial charge in [0.1, 0.15) is 0 Å². The molecule has 0 saturated carbocycles. The van der Waals surface area contributed by atoms with Gasteiger partial charge in [0.2, 0.25) is 0 Å².